The lowest BCUT2D eigenvalue weighted by atomic mass is 9.96. The quantitative estimate of drug-likeness (QED) is 0.649. The van der Waals surface area contributed by atoms with E-state index < -0.39 is 5.82 Å². The highest BCUT2D eigenvalue weighted by atomic mass is 35.5. The number of nitrogens with zero attached hydrogens (tertiary/aromatic N) is 1. The molecule has 0 aromatic heterocycles. The van der Waals surface area contributed by atoms with Crippen molar-refractivity contribution in [1.29, 1.82) is 0 Å². The lowest BCUT2D eigenvalue weighted by molar-refractivity contribution is 0.0962. The highest BCUT2D eigenvalue weighted by Crippen LogP contribution is 2.34. The van der Waals surface area contributed by atoms with Crippen LogP contribution in [0.15, 0.2) is 17.1 Å². The normalized spacial score (nSPS) is 19.6. The Morgan fingerprint density at radius 3 is 2.93 bits per heavy atom. The number of ketones is 1. The van der Waals surface area contributed by atoms with Gasteiger partial charge in [0.05, 0.1) is 11.6 Å². The molecule has 0 fully saturated rings. The molecule has 14 heavy (non-hydrogen) atoms. The number of halogens is 2. The van der Waals surface area contributed by atoms with Gasteiger partial charge in [-0.2, -0.15) is 0 Å². The Kier molecular flexibility index (Phi) is 2.11. The summed E-state index contributed by atoms with van der Waals surface area (Å²) >= 11 is 5.68. The van der Waals surface area contributed by atoms with Crippen molar-refractivity contribution in [2.45, 2.75) is 6.92 Å². The second-order valence-electron chi connectivity index (χ2n) is 3.19. The van der Waals surface area contributed by atoms with E-state index in [1.54, 1.807) is 6.92 Å². The second kappa shape index (κ2) is 3.17. The molecule has 1 aliphatic rings. The first-order valence-corrected chi connectivity index (χ1v) is 4.55. The van der Waals surface area contributed by atoms with Gasteiger partial charge in [-0.3, -0.25) is 9.79 Å². The van der Waals surface area contributed by atoms with Gasteiger partial charge in [-0.1, -0.05) is 18.5 Å². The molecule has 1 aromatic carbocycles. The minimum absolute atomic E-state index is 0.0723. The summed E-state index contributed by atoms with van der Waals surface area (Å²) in [5.74, 6) is -0.883. The molecule has 0 amide bonds. The maximum atomic E-state index is 13.0. The van der Waals surface area contributed by atoms with E-state index in [2.05, 4.69) is 4.99 Å². The van der Waals surface area contributed by atoms with E-state index in [1.807, 2.05) is 0 Å². The van der Waals surface area contributed by atoms with Gasteiger partial charge in [-0.05, 0) is 12.1 Å². The second-order valence-corrected chi connectivity index (χ2v) is 3.57. The number of aliphatic imine (C=N–C) groups is 1. The molecular weight excluding hydrogens is 205 g/mol. The number of benzene rings is 1. The Hall–Kier alpha value is -1.22. The van der Waals surface area contributed by atoms with Crippen LogP contribution >= 0.6 is 11.6 Å². The third kappa shape index (κ3) is 1.24. The highest BCUT2D eigenvalue weighted by Gasteiger charge is 2.23. The van der Waals surface area contributed by atoms with Gasteiger partial charge in [0.25, 0.3) is 0 Å². The molecule has 72 valence electrons. The molecule has 4 heteroatoms. The van der Waals surface area contributed by atoms with Crippen LogP contribution in [-0.2, 0) is 0 Å². The molecule has 0 radical (unpaired) electrons. The Bertz CT molecular complexity index is 442. The summed E-state index contributed by atoms with van der Waals surface area (Å²) < 4.78 is 13.0. The number of carbonyl (C=O) groups is 1. The fraction of sp³-hybridized carbons (Fsp3) is 0.200. The Morgan fingerprint density at radius 1 is 1.50 bits per heavy atom. The summed E-state index contributed by atoms with van der Waals surface area (Å²) in [6.45, 7) is 1.74. The molecule has 1 heterocycles. The number of hydrogen-bond donors (Lipinski definition) is 0. The van der Waals surface area contributed by atoms with Gasteiger partial charge in [0.15, 0.2) is 5.78 Å². The number of carbonyl (C=O) groups excluding carboxylic acids is 1. The first kappa shape index (κ1) is 9.34. The lowest BCUT2D eigenvalue weighted by Gasteiger charge is -2.14. The summed E-state index contributed by atoms with van der Waals surface area (Å²) in [7, 11) is 0. The fourth-order valence-corrected chi connectivity index (χ4v) is 1.58. The SMILES string of the molecule is CC1C=Nc2c(ccc(F)c2Cl)C1=O. The third-order valence-electron chi connectivity index (χ3n) is 2.18. The number of fused-ring (bicyclic) bond motifs is 1. The number of hydrogen-bond acceptors (Lipinski definition) is 2. The minimum Gasteiger partial charge on any atom is -0.293 e. The average molecular weight is 212 g/mol. The fourth-order valence-electron chi connectivity index (χ4n) is 1.36. The van der Waals surface area contributed by atoms with Gasteiger partial charge in [0.2, 0.25) is 0 Å². The van der Waals surface area contributed by atoms with Gasteiger partial charge in [0.1, 0.15) is 10.8 Å². The Labute approximate surface area is 85.4 Å². The zero-order valence-corrected chi connectivity index (χ0v) is 8.18. The summed E-state index contributed by atoms with van der Waals surface area (Å²) in [6.07, 6.45) is 1.48. The molecule has 0 spiro atoms. The van der Waals surface area contributed by atoms with Crippen LogP contribution in [0.5, 0.6) is 0 Å². The minimum atomic E-state index is -0.551. The molecule has 0 aliphatic carbocycles. The average Bonchev–Trinajstić information content (AvgIpc) is 2.17. The zero-order valence-electron chi connectivity index (χ0n) is 7.42. The van der Waals surface area contributed by atoms with Crippen LogP contribution in [0.4, 0.5) is 10.1 Å². The maximum Gasteiger partial charge on any atom is 0.173 e. The van der Waals surface area contributed by atoms with Crippen molar-refractivity contribution in [1.82, 2.24) is 0 Å². The van der Waals surface area contributed by atoms with E-state index in [4.69, 9.17) is 11.6 Å². The molecule has 1 aliphatic heterocycles. The molecule has 2 rings (SSSR count). The lowest BCUT2D eigenvalue weighted by Crippen LogP contribution is -2.16. The predicted molar refractivity (Wildman–Crippen MR) is 53.1 cm³/mol. The van der Waals surface area contributed by atoms with Crippen LogP contribution < -0.4 is 0 Å². The molecule has 2 nitrogen and oxygen atoms in total. The van der Waals surface area contributed by atoms with Crippen LogP contribution in [-0.4, -0.2) is 12.0 Å². The van der Waals surface area contributed by atoms with E-state index in [-0.39, 0.29) is 22.4 Å². The topological polar surface area (TPSA) is 29.4 Å². The van der Waals surface area contributed by atoms with Crippen LogP contribution in [0.25, 0.3) is 0 Å². The van der Waals surface area contributed by atoms with Crippen molar-refractivity contribution in [2.75, 3.05) is 0 Å². The van der Waals surface area contributed by atoms with Gasteiger partial charge >= 0.3 is 0 Å². The van der Waals surface area contributed by atoms with E-state index >= 15 is 0 Å². The molecule has 1 atom stereocenters. The molecular formula is C10H7ClFNO. The summed E-state index contributed by atoms with van der Waals surface area (Å²) in [6, 6.07) is 2.61. The maximum absolute atomic E-state index is 13.0. The van der Waals surface area contributed by atoms with Crippen LogP contribution in [0.2, 0.25) is 5.02 Å². The first-order chi connectivity index (χ1) is 6.61. The van der Waals surface area contributed by atoms with Gasteiger partial charge in [-0.15, -0.1) is 0 Å². The van der Waals surface area contributed by atoms with Crippen molar-refractivity contribution < 1.29 is 9.18 Å². The molecule has 0 saturated heterocycles. The first-order valence-electron chi connectivity index (χ1n) is 4.17. The van der Waals surface area contributed by atoms with Crippen molar-refractivity contribution in [3.8, 4) is 0 Å². The van der Waals surface area contributed by atoms with Crippen LogP contribution in [0.1, 0.15) is 17.3 Å². The van der Waals surface area contributed by atoms with Crippen molar-refractivity contribution in [2.24, 2.45) is 10.9 Å². The standard InChI is InChI=1S/C10H7ClFNO/c1-5-4-13-9-6(10(5)14)2-3-7(12)8(9)11/h2-5H,1H3. The van der Waals surface area contributed by atoms with Crippen LogP contribution in [0, 0.1) is 11.7 Å². The largest absolute Gasteiger partial charge is 0.293 e. The van der Waals surface area contributed by atoms with E-state index in [0.29, 0.717) is 5.56 Å². The zero-order chi connectivity index (χ0) is 10.3. The van der Waals surface area contributed by atoms with Crippen molar-refractivity contribution >= 4 is 29.3 Å². The Balaban J connectivity index is 2.68. The molecule has 1 unspecified atom stereocenters. The van der Waals surface area contributed by atoms with E-state index in [9.17, 15) is 9.18 Å². The third-order valence-corrected chi connectivity index (χ3v) is 2.53. The van der Waals surface area contributed by atoms with Crippen molar-refractivity contribution in [3.63, 3.8) is 0 Å². The summed E-state index contributed by atoms with van der Waals surface area (Å²) in [4.78, 5) is 15.6. The van der Waals surface area contributed by atoms with E-state index in [1.165, 1.54) is 18.3 Å². The van der Waals surface area contributed by atoms with Gasteiger partial charge < -0.3 is 0 Å². The van der Waals surface area contributed by atoms with Crippen LogP contribution in [0.3, 0.4) is 0 Å². The van der Waals surface area contributed by atoms with E-state index in [0.717, 1.165) is 0 Å². The Morgan fingerprint density at radius 2 is 2.21 bits per heavy atom. The molecule has 0 bridgehead atoms. The predicted octanol–water partition coefficient (Wildman–Crippen LogP) is 3.01. The smallest absolute Gasteiger partial charge is 0.173 e. The number of rotatable bonds is 0. The monoisotopic (exact) mass is 211 g/mol. The molecule has 0 saturated carbocycles. The summed E-state index contributed by atoms with van der Waals surface area (Å²) in [5.41, 5.74) is 0.640. The summed E-state index contributed by atoms with van der Waals surface area (Å²) in [5, 5.41) is -0.0843. The highest BCUT2D eigenvalue weighted by molar-refractivity contribution is 6.34. The van der Waals surface area contributed by atoms with Crippen molar-refractivity contribution in [3.05, 3.63) is 28.5 Å². The molecule has 0 N–H and O–H groups in total. The number of Topliss-reactive ketones (excluding diaryl/α,β-unsaturated/α-hetero) is 1. The van der Waals surface area contributed by atoms with Gasteiger partial charge in [-0.25, -0.2) is 4.39 Å². The molecule has 1 aromatic rings. The van der Waals surface area contributed by atoms with Gasteiger partial charge in [0, 0.05) is 11.8 Å².